The zero-order valence-corrected chi connectivity index (χ0v) is 6.67. The number of nitro groups is 1. The first-order chi connectivity index (χ1) is 5.77. The Morgan fingerprint density at radius 3 is 3.17 bits per heavy atom. The van der Waals surface area contributed by atoms with Crippen molar-refractivity contribution < 1.29 is 4.92 Å². The van der Waals surface area contributed by atoms with Gasteiger partial charge in [0.05, 0.1) is 15.1 Å². The molecule has 0 saturated carbocycles. The zero-order valence-electron chi connectivity index (χ0n) is 5.85. The van der Waals surface area contributed by atoms with Gasteiger partial charge < -0.3 is 0 Å². The molecule has 5 heteroatoms. The van der Waals surface area contributed by atoms with Crippen molar-refractivity contribution in [2.45, 2.75) is 0 Å². The number of hydrogen-bond donors (Lipinski definition) is 0. The van der Waals surface area contributed by atoms with Gasteiger partial charge in [-0.3, -0.25) is 10.1 Å². The minimum absolute atomic E-state index is 0.0974. The summed E-state index contributed by atoms with van der Waals surface area (Å²) in [5.74, 6) is 0. The summed E-state index contributed by atoms with van der Waals surface area (Å²) >= 11 is 1.28. The Bertz CT molecular complexity index is 438. The predicted octanol–water partition coefficient (Wildman–Crippen LogP) is 2.00. The van der Waals surface area contributed by atoms with Crippen molar-refractivity contribution in [2.24, 2.45) is 0 Å². The van der Waals surface area contributed by atoms with Crippen molar-refractivity contribution in [1.29, 1.82) is 0 Å². The highest BCUT2D eigenvalue weighted by Gasteiger charge is 2.06. The quantitative estimate of drug-likeness (QED) is 0.497. The van der Waals surface area contributed by atoms with E-state index in [2.05, 4.69) is 10.5 Å². The van der Waals surface area contributed by atoms with Gasteiger partial charge in [-0.05, 0) is 6.07 Å². The summed E-state index contributed by atoms with van der Waals surface area (Å²) in [5, 5.41) is 10.3. The Balaban J connectivity index is 2.68. The topological polar surface area (TPSA) is 56.0 Å². The first-order valence-electron chi connectivity index (χ1n) is 3.18. The summed E-state index contributed by atoms with van der Waals surface area (Å²) in [6.45, 7) is 0. The molecule has 2 rings (SSSR count). The molecule has 12 heavy (non-hydrogen) atoms. The lowest BCUT2D eigenvalue weighted by molar-refractivity contribution is -0.384. The summed E-state index contributed by atoms with van der Waals surface area (Å²) in [4.78, 5) is 13.8. The second-order valence-electron chi connectivity index (χ2n) is 2.21. The monoisotopic (exact) mass is 179 g/mol. The number of non-ortho nitro benzene ring substituents is 1. The van der Waals surface area contributed by atoms with Crippen LogP contribution in [0.1, 0.15) is 0 Å². The van der Waals surface area contributed by atoms with Crippen LogP contribution >= 0.6 is 11.3 Å². The lowest BCUT2D eigenvalue weighted by atomic mass is 10.3. The van der Waals surface area contributed by atoms with Gasteiger partial charge >= 0.3 is 0 Å². The molecule has 0 N–H and O–H groups in total. The molecule has 0 unspecified atom stereocenters. The summed E-state index contributed by atoms with van der Waals surface area (Å²) in [6.07, 6.45) is 0. The molecule has 0 saturated heterocycles. The molecule has 1 heterocycles. The Kier molecular flexibility index (Phi) is 1.51. The van der Waals surface area contributed by atoms with E-state index in [9.17, 15) is 10.1 Å². The molecule has 59 valence electrons. The van der Waals surface area contributed by atoms with E-state index in [-0.39, 0.29) is 5.69 Å². The fourth-order valence-corrected chi connectivity index (χ4v) is 1.55. The van der Waals surface area contributed by atoms with E-state index in [0.717, 1.165) is 10.2 Å². The van der Waals surface area contributed by atoms with Crippen LogP contribution in [0, 0.1) is 15.6 Å². The van der Waals surface area contributed by atoms with Gasteiger partial charge in [-0.15, -0.1) is 11.3 Å². The number of nitro benzene ring substituents is 1. The molecule has 1 radical (unpaired) electrons. The van der Waals surface area contributed by atoms with Gasteiger partial charge in [0, 0.05) is 12.1 Å². The molecule has 0 aliphatic heterocycles. The minimum atomic E-state index is -0.417. The molecular weight excluding hydrogens is 176 g/mol. The average molecular weight is 179 g/mol. The maximum Gasteiger partial charge on any atom is 0.270 e. The summed E-state index contributed by atoms with van der Waals surface area (Å²) < 4.78 is 0.796. The van der Waals surface area contributed by atoms with Crippen molar-refractivity contribution >= 4 is 27.2 Å². The van der Waals surface area contributed by atoms with Crippen molar-refractivity contribution in [3.8, 4) is 0 Å². The van der Waals surface area contributed by atoms with E-state index in [1.807, 2.05) is 0 Å². The standard InChI is InChI=1S/C7H3N2O2S/c10-9(11)5-1-2-6-7(3-5)12-4-8-6/h1-3H. The van der Waals surface area contributed by atoms with Gasteiger partial charge in [-0.25, -0.2) is 4.98 Å². The van der Waals surface area contributed by atoms with Crippen molar-refractivity contribution in [1.82, 2.24) is 4.98 Å². The number of nitrogens with zero attached hydrogens (tertiary/aromatic N) is 2. The largest absolute Gasteiger partial charge is 0.270 e. The van der Waals surface area contributed by atoms with E-state index in [0.29, 0.717) is 0 Å². The van der Waals surface area contributed by atoms with Crippen molar-refractivity contribution in [3.05, 3.63) is 33.8 Å². The van der Waals surface area contributed by atoms with Gasteiger partial charge in [0.15, 0.2) is 5.51 Å². The van der Waals surface area contributed by atoms with Crippen LogP contribution < -0.4 is 0 Å². The Morgan fingerprint density at radius 1 is 1.58 bits per heavy atom. The van der Waals surface area contributed by atoms with Crippen LogP contribution in [0.4, 0.5) is 5.69 Å². The van der Waals surface area contributed by atoms with Crippen molar-refractivity contribution in [3.63, 3.8) is 0 Å². The SMILES string of the molecule is O=[N+]([O-])c1ccc2n[c]sc2c1. The fourth-order valence-electron chi connectivity index (χ4n) is 0.912. The van der Waals surface area contributed by atoms with E-state index < -0.39 is 4.92 Å². The lowest BCUT2D eigenvalue weighted by Gasteiger charge is -1.88. The van der Waals surface area contributed by atoms with Crippen LogP contribution in [-0.2, 0) is 0 Å². The predicted molar refractivity (Wildman–Crippen MR) is 45.1 cm³/mol. The highest BCUT2D eigenvalue weighted by Crippen LogP contribution is 2.22. The molecule has 0 amide bonds. The molecule has 0 spiro atoms. The maximum absolute atomic E-state index is 10.3. The van der Waals surface area contributed by atoms with Gasteiger partial charge in [-0.1, -0.05) is 0 Å². The second kappa shape index (κ2) is 2.53. The summed E-state index contributed by atoms with van der Waals surface area (Å²) in [7, 11) is 0. The number of aromatic nitrogens is 1. The van der Waals surface area contributed by atoms with Crippen LogP contribution in [0.15, 0.2) is 18.2 Å². The molecule has 2 aromatic rings. The summed E-state index contributed by atoms with van der Waals surface area (Å²) in [6, 6.07) is 4.57. The molecule has 1 aromatic carbocycles. The highest BCUT2D eigenvalue weighted by atomic mass is 32.1. The van der Waals surface area contributed by atoms with Gasteiger partial charge in [0.2, 0.25) is 0 Å². The van der Waals surface area contributed by atoms with E-state index in [1.165, 1.54) is 23.5 Å². The van der Waals surface area contributed by atoms with Crippen LogP contribution in [0.3, 0.4) is 0 Å². The average Bonchev–Trinajstić information content (AvgIpc) is 2.49. The molecule has 1 aromatic heterocycles. The van der Waals surface area contributed by atoms with Crippen molar-refractivity contribution in [2.75, 3.05) is 0 Å². The zero-order chi connectivity index (χ0) is 8.55. The molecule has 0 atom stereocenters. The number of fused-ring (bicyclic) bond motifs is 1. The maximum atomic E-state index is 10.3. The third-order valence-electron chi connectivity index (χ3n) is 1.48. The smallest absolute Gasteiger partial charge is 0.258 e. The molecule has 0 aliphatic rings. The van der Waals surface area contributed by atoms with Gasteiger partial charge in [-0.2, -0.15) is 0 Å². The van der Waals surface area contributed by atoms with Crippen LogP contribution in [-0.4, -0.2) is 9.91 Å². The molecule has 0 bridgehead atoms. The normalized spacial score (nSPS) is 10.3. The second-order valence-corrected chi connectivity index (χ2v) is 3.04. The molecular formula is C7H3N2O2S. The Hall–Kier alpha value is -1.49. The Labute approximate surface area is 71.6 Å². The molecule has 0 aliphatic carbocycles. The van der Waals surface area contributed by atoms with Crippen LogP contribution in [0.5, 0.6) is 0 Å². The number of thiazole rings is 1. The van der Waals surface area contributed by atoms with Gasteiger partial charge in [0.25, 0.3) is 5.69 Å². The first-order valence-corrected chi connectivity index (χ1v) is 4.00. The van der Waals surface area contributed by atoms with E-state index in [1.54, 1.807) is 6.07 Å². The minimum Gasteiger partial charge on any atom is -0.258 e. The number of hydrogen-bond acceptors (Lipinski definition) is 4. The highest BCUT2D eigenvalue weighted by molar-refractivity contribution is 7.16. The third kappa shape index (κ3) is 1.04. The van der Waals surface area contributed by atoms with Crippen LogP contribution in [0.25, 0.3) is 10.2 Å². The summed E-state index contributed by atoms with van der Waals surface area (Å²) in [5.41, 5.74) is 3.53. The first kappa shape index (κ1) is 7.17. The molecule has 4 nitrogen and oxygen atoms in total. The molecule has 0 fully saturated rings. The number of rotatable bonds is 1. The third-order valence-corrected chi connectivity index (χ3v) is 2.21. The van der Waals surface area contributed by atoms with Crippen LogP contribution in [0.2, 0.25) is 0 Å². The van der Waals surface area contributed by atoms with Gasteiger partial charge in [0.1, 0.15) is 0 Å². The number of benzene rings is 1. The Morgan fingerprint density at radius 2 is 2.42 bits per heavy atom. The van der Waals surface area contributed by atoms with E-state index >= 15 is 0 Å². The van der Waals surface area contributed by atoms with E-state index in [4.69, 9.17) is 0 Å². The lowest BCUT2D eigenvalue weighted by Crippen LogP contribution is -1.85. The fraction of sp³-hybridized carbons (Fsp3) is 0.